The van der Waals surface area contributed by atoms with Gasteiger partial charge in [-0.3, -0.25) is 0 Å². The topological polar surface area (TPSA) is 47.6 Å². The minimum atomic E-state index is -0.593. The van der Waals surface area contributed by atoms with E-state index < -0.39 is 17.5 Å². The number of halogens is 1. The van der Waals surface area contributed by atoms with Crippen LogP contribution in [-0.2, 0) is 11.3 Å². The number of carbonyl (C=O) groups excluding carboxylic acids is 1. The van der Waals surface area contributed by atoms with E-state index in [1.165, 1.54) is 0 Å². The van der Waals surface area contributed by atoms with E-state index in [0.717, 1.165) is 0 Å². The van der Waals surface area contributed by atoms with Gasteiger partial charge in [0.2, 0.25) is 0 Å². The summed E-state index contributed by atoms with van der Waals surface area (Å²) in [6.45, 7) is 5.67. The quantitative estimate of drug-likeness (QED) is 0.645. The van der Waals surface area contributed by atoms with Crippen molar-refractivity contribution in [3.8, 4) is 18.1 Å². The Hall–Kier alpha value is -2.22. The number of carbonyl (C=O) groups is 1. The van der Waals surface area contributed by atoms with Crippen molar-refractivity contribution in [2.45, 2.75) is 45.8 Å². The zero-order valence-corrected chi connectivity index (χ0v) is 13.2. The number of amides is 1. The first kappa shape index (κ1) is 17.8. The molecule has 0 saturated carbocycles. The highest BCUT2D eigenvalue weighted by molar-refractivity contribution is 5.67. The van der Waals surface area contributed by atoms with Crippen LogP contribution in [-0.4, -0.2) is 18.3 Å². The number of rotatable bonds is 6. The van der Waals surface area contributed by atoms with E-state index in [-0.39, 0.29) is 12.3 Å². The molecule has 0 heterocycles. The molecule has 0 spiro atoms. The normalized spacial score (nSPS) is 10.7. The van der Waals surface area contributed by atoms with Gasteiger partial charge in [-0.05, 0) is 33.3 Å². The van der Waals surface area contributed by atoms with E-state index in [1.807, 2.05) is 0 Å². The lowest BCUT2D eigenvalue weighted by Gasteiger charge is -2.19. The van der Waals surface area contributed by atoms with Crippen molar-refractivity contribution in [3.05, 3.63) is 29.6 Å². The summed E-state index contributed by atoms with van der Waals surface area (Å²) >= 11 is 0. The Morgan fingerprint density at radius 3 is 2.77 bits per heavy atom. The first-order chi connectivity index (χ1) is 10.3. The van der Waals surface area contributed by atoms with Gasteiger partial charge in [0, 0.05) is 18.5 Å². The molecule has 0 aliphatic heterocycles. The first-order valence-corrected chi connectivity index (χ1v) is 7.14. The van der Waals surface area contributed by atoms with Crippen LogP contribution in [0, 0.1) is 18.2 Å². The van der Waals surface area contributed by atoms with Gasteiger partial charge in [0.05, 0.1) is 6.61 Å². The Morgan fingerprint density at radius 1 is 1.41 bits per heavy atom. The zero-order chi connectivity index (χ0) is 16.6. The molecule has 120 valence electrons. The van der Waals surface area contributed by atoms with E-state index >= 15 is 0 Å². The number of benzene rings is 1. The Balaban J connectivity index is 2.57. The van der Waals surface area contributed by atoms with Gasteiger partial charge in [-0.2, -0.15) is 0 Å². The molecular formula is C17H22FNO3. The minimum Gasteiger partial charge on any atom is -0.490 e. The van der Waals surface area contributed by atoms with Crippen molar-refractivity contribution in [3.63, 3.8) is 0 Å². The van der Waals surface area contributed by atoms with Gasteiger partial charge in [-0.25, -0.2) is 9.18 Å². The van der Waals surface area contributed by atoms with Crippen LogP contribution in [0.15, 0.2) is 18.2 Å². The van der Waals surface area contributed by atoms with Crippen molar-refractivity contribution in [1.82, 2.24) is 5.32 Å². The molecule has 0 radical (unpaired) electrons. The summed E-state index contributed by atoms with van der Waals surface area (Å²) in [6, 6.07) is 4.80. The Bertz CT molecular complexity index is 544. The number of unbranched alkanes of at least 4 members (excludes halogenated alkanes) is 1. The Kier molecular flexibility index (Phi) is 6.71. The summed E-state index contributed by atoms with van der Waals surface area (Å²) in [7, 11) is 0. The van der Waals surface area contributed by atoms with Gasteiger partial charge in [-0.15, -0.1) is 12.3 Å². The summed E-state index contributed by atoms with van der Waals surface area (Å²) in [5.41, 5.74) is -0.259. The summed E-state index contributed by atoms with van der Waals surface area (Å²) in [4.78, 5) is 11.6. The maximum atomic E-state index is 14.2. The minimum absolute atomic E-state index is 0.0301. The maximum Gasteiger partial charge on any atom is 0.407 e. The van der Waals surface area contributed by atoms with E-state index in [9.17, 15) is 9.18 Å². The number of nitrogens with one attached hydrogen (secondary N) is 1. The lowest BCUT2D eigenvalue weighted by atomic mass is 10.2. The van der Waals surface area contributed by atoms with Crippen LogP contribution < -0.4 is 10.1 Å². The molecule has 0 aliphatic rings. The van der Waals surface area contributed by atoms with E-state index in [1.54, 1.807) is 39.0 Å². The van der Waals surface area contributed by atoms with Crippen molar-refractivity contribution < 1.29 is 18.7 Å². The molecule has 0 saturated heterocycles. The van der Waals surface area contributed by atoms with E-state index in [4.69, 9.17) is 15.9 Å². The molecule has 22 heavy (non-hydrogen) atoms. The summed E-state index contributed by atoms with van der Waals surface area (Å²) < 4.78 is 24.7. The van der Waals surface area contributed by atoms with Gasteiger partial charge >= 0.3 is 6.09 Å². The fourth-order valence-corrected chi connectivity index (χ4v) is 1.64. The molecular weight excluding hydrogens is 285 g/mol. The second-order valence-electron chi connectivity index (χ2n) is 5.74. The smallest absolute Gasteiger partial charge is 0.407 e. The molecule has 0 fully saturated rings. The van der Waals surface area contributed by atoms with Gasteiger partial charge in [0.1, 0.15) is 5.60 Å². The third-order valence-corrected chi connectivity index (χ3v) is 2.59. The molecule has 1 rings (SSSR count). The average molecular weight is 307 g/mol. The maximum absolute atomic E-state index is 14.2. The molecule has 0 unspecified atom stereocenters. The lowest BCUT2D eigenvalue weighted by Crippen LogP contribution is -2.32. The van der Waals surface area contributed by atoms with Crippen LogP contribution >= 0.6 is 0 Å². The molecule has 0 aromatic heterocycles. The predicted octanol–water partition coefficient (Wildman–Crippen LogP) is 3.64. The Morgan fingerprint density at radius 2 is 2.14 bits per heavy atom. The van der Waals surface area contributed by atoms with Crippen LogP contribution in [0.1, 0.15) is 39.2 Å². The SMILES string of the molecule is C#CCCCOc1cccc(CNC(=O)OC(C)(C)C)c1F. The predicted molar refractivity (Wildman–Crippen MR) is 83.0 cm³/mol. The molecule has 1 amide bonds. The Labute approximate surface area is 131 Å². The van der Waals surface area contributed by atoms with Crippen LogP contribution in [0.3, 0.4) is 0 Å². The monoisotopic (exact) mass is 307 g/mol. The second kappa shape index (κ2) is 8.28. The molecule has 5 heteroatoms. The fraction of sp³-hybridized carbons (Fsp3) is 0.471. The second-order valence-corrected chi connectivity index (χ2v) is 5.74. The molecule has 4 nitrogen and oxygen atoms in total. The molecule has 0 bridgehead atoms. The van der Waals surface area contributed by atoms with Crippen LogP contribution in [0.5, 0.6) is 5.75 Å². The molecule has 0 aliphatic carbocycles. The highest BCUT2D eigenvalue weighted by Crippen LogP contribution is 2.20. The molecule has 1 aromatic carbocycles. The highest BCUT2D eigenvalue weighted by atomic mass is 19.1. The standard InChI is InChI=1S/C17H22FNO3/c1-5-6-7-11-21-14-10-8-9-13(15(14)18)12-19-16(20)22-17(2,3)4/h1,8-10H,6-7,11-12H2,2-4H3,(H,19,20). The largest absolute Gasteiger partial charge is 0.490 e. The van der Waals surface area contributed by atoms with Crippen molar-refractivity contribution in [2.24, 2.45) is 0 Å². The van der Waals surface area contributed by atoms with Crippen LogP contribution in [0.4, 0.5) is 9.18 Å². The zero-order valence-electron chi connectivity index (χ0n) is 13.2. The highest BCUT2D eigenvalue weighted by Gasteiger charge is 2.16. The van der Waals surface area contributed by atoms with Crippen molar-refractivity contribution >= 4 is 6.09 Å². The summed E-state index contributed by atoms with van der Waals surface area (Å²) in [5, 5.41) is 2.52. The number of ether oxygens (including phenoxy) is 2. The molecule has 1 aromatic rings. The van der Waals surface area contributed by atoms with E-state index in [0.29, 0.717) is 25.0 Å². The fourth-order valence-electron chi connectivity index (χ4n) is 1.64. The first-order valence-electron chi connectivity index (χ1n) is 7.14. The van der Waals surface area contributed by atoms with Gasteiger partial charge in [0.25, 0.3) is 0 Å². The number of hydrogen-bond acceptors (Lipinski definition) is 3. The summed E-state index contributed by atoms with van der Waals surface area (Å²) in [5.74, 6) is 2.16. The third kappa shape index (κ3) is 6.49. The van der Waals surface area contributed by atoms with Crippen molar-refractivity contribution in [1.29, 1.82) is 0 Å². The van der Waals surface area contributed by atoms with Crippen molar-refractivity contribution in [2.75, 3.05) is 6.61 Å². The van der Waals surface area contributed by atoms with Gasteiger partial charge in [0.15, 0.2) is 11.6 Å². The summed E-state index contributed by atoms with van der Waals surface area (Å²) in [6.07, 6.45) is 5.80. The van der Waals surface area contributed by atoms with E-state index in [2.05, 4.69) is 11.2 Å². The average Bonchev–Trinajstić information content (AvgIpc) is 2.42. The van der Waals surface area contributed by atoms with Gasteiger partial charge in [-0.1, -0.05) is 12.1 Å². The van der Waals surface area contributed by atoms with Crippen LogP contribution in [0.25, 0.3) is 0 Å². The third-order valence-electron chi connectivity index (χ3n) is 2.59. The lowest BCUT2D eigenvalue weighted by molar-refractivity contribution is 0.0523. The number of alkyl carbamates (subject to hydrolysis) is 1. The molecule has 1 N–H and O–H groups in total. The molecule has 0 atom stereocenters. The number of hydrogen-bond donors (Lipinski definition) is 1. The number of terminal acetylenes is 1. The van der Waals surface area contributed by atoms with Gasteiger partial charge < -0.3 is 14.8 Å². The van der Waals surface area contributed by atoms with Crippen LogP contribution in [0.2, 0.25) is 0 Å².